The quantitative estimate of drug-likeness (QED) is 0.757. The van der Waals surface area contributed by atoms with Gasteiger partial charge in [-0.25, -0.2) is 8.42 Å². The first-order valence-electron chi connectivity index (χ1n) is 8.77. The second-order valence-electron chi connectivity index (χ2n) is 7.28. The molecule has 3 rings (SSSR count). The second-order valence-corrected chi connectivity index (χ2v) is 9.31. The van der Waals surface area contributed by atoms with Crippen molar-refractivity contribution in [2.75, 3.05) is 12.4 Å². The summed E-state index contributed by atoms with van der Waals surface area (Å²) in [7, 11) is -3.54. The average molecular weight is 382 g/mol. The Balaban J connectivity index is 1.79. The maximum absolute atomic E-state index is 12.8. The molecule has 0 aliphatic carbocycles. The Hall–Kier alpha value is -1.25. The summed E-state index contributed by atoms with van der Waals surface area (Å²) in [5, 5.41) is 10.8. The van der Waals surface area contributed by atoms with E-state index in [-0.39, 0.29) is 10.6 Å². The fraction of sp³-hybridized carbons (Fsp3) is 0.579. The van der Waals surface area contributed by atoms with E-state index < -0.39 is 46.0 Å². The van der Waals surface area contributed by atoms with Crippen LogP contribution in [0.1, 0.15) is 20.3 Å². The molecule has 0 aromatic heterocycles. The number of aliphatic hydroxyl groups excluding tert-OH is 1. The first-order chi connectivity index (χ1) is 12.2. The molecule has 7 heteroatoms. The zero-order chi connectivity index (χ0) is 18.9. The van der Waals surface area contributed by atoms with Crippen molar-refractivity contribution in [1.82, 2.24) is 0 Å². The van der Waals surface area contributed by atoms with Crippen LogP contribution in [-0.2, 0) is 24.0 Å². The van der Waals surface area contributed by atoms with Crippen molar-refractivity contribution < 1.29 is 27.7 Å². The highest BCUT2D eigenvalue weighted by Crippen LogP contribution is 2.37. The molecule has 1 aromatic rings. The number of rotatable bonds is 6. The Bertz CT molecular complexity index is 730. The largest absolute Gasteiger partial charge is 0.390 e. The van der Waals surface area contributed by atoms with Gasteiger partial charge in [0.15, 0.2) is 15.6 Å². The average Bonchev–Trinajstić information content (AvgIpc) is 3.10. The highest BCUT2D eigenvalue weighted by atomic mass is 32.2. The number of hydrogen-bond donors (Lipinski definition) is 1. The van der Waals surface area contributed by atoms with E-state index >= 15 is 0 Å². The SMILES string of the molecule is C=CC[C@@H]1O[C@H](C2COC(C)(C)O2)[C@H](O)[C@H]1CS(=O)(=O)c1ccccc1. The Morgan fingerprint density at radius 3 is 2.58 bits per heavy atom. The fourth-order valence-electron chi connectivity index (χ4n) is 3.61. The lowest BCUT2D eigenvalue weighted by Gasteiger charge is -2.23. The topological polar surface area (TPSA) is 82.1 Å². The van der Waals surface area contributed by atoms with Crippen LogP contribution < -0.4 is 0 Å². The number of hydrogen-bond acceptors (Lipinski definition) is 6. The third-order valence-corrected chi connectivity index (χ3v) is 6.71. The maximum Gasteiger partial charge on any atom is 0.178 e. The van der Waals surface area contributed by atoms with E-state index in [1.807, 2.05) is 0 Å². The standard InChI is InChI=1S/C19H26O6S/c1-4-8-15-14(12-26(21,22)13-9-6-5-7-10-13)17(20)18(24-15)16-11-23-19(2,3)25-16/h4-7,9-10,14-18,20H,1,8,11-12H2,2-3H3/t14-,15-,16?,17+,18+/m0/s1. The lowest BCUT2D eigenvalue weighted by Crippen LogP contribution is -2.40. The van der Waals surface area contributed by atoms with E-state index in [0.717, 1.165) is 0 Å². The summed E-state index contributed by atoms with van der Waals surface area (Å²) >= 11 is 0. The van der Waals surface area contributed by atoms with E-state index in [4.69, 9.17) is 14.2 Å². The molecule has 2 aliphatic rings. The minimum atomic E-state index is -3.54. The highest BCUT2D eigenvalue weighted by molar-refractivity contribution is 7.91. The zero-order valence-corrected chi connectivity index (χ0v) is 15.9. The summed E-state index contributed by atoms with van der Waals surface area (Å²) in [5.74, 6) is -1.49. The molecule has 0 amide bonds. The van der Waals surface area contributed by atoms with E-state index in [2.05, 4.69) is 6.58 Å². The third-order valence-electron chi connectivity index (χ3n) is 4.89. The zero-order valence-electron chi connectivity index (χ0n) is 15.1. The van der Waals surface area contributed by atoms with Crippen molar-refractivity contribution in [1.29, 1.82) is 0 Å². The van der Waals surface area contributed by atoms with Crippen molar-refractivity contribution in [3.63, 3.8) is 0 Å². The van der Waals surface area contributed by atoms with Gasteiger partial charge < -0.3 is 19.3 Å². The van der Waals surface area contributed by atoms with Crippen LogP contribution in [0.5, 0.6) is 0 Å². The van der Waals surface area contributed by atoms with E-state index in [1.165, 1.54) is 0 Å². The van der Waals surface area contributed by atoms with Crippen LogP contribution in [0.25, 0.3) is 0 Å². The predicted octanol–water partition coefficient (Wildman–Crippen LogP) is 1.93. The van der Waals surface area contributed by atoms with Crippen LogP contribution in [-0.4, -0.2) is 56.1 Å². The normalized spacial score (nSPS) is 34.0. The summed E-state index contributed by atoms with van der Waals surface area (Å²) in [4.78, 5) is 0.245. The second kappa shape index (κ2) is 7.40. The lowest BCUT2D eigenvalue weighted by molar-refractivity contribution is -0.161. The van der Waals surface area contributed by atoms with Crippen LogP contribution in [0.4, 0.5) is 0 Å². The summed E-state index contributed by atoms with van der Waals surface area (Å²) in [6.45, 7) is 7.61. The van der Waals surface area contributed by atoms with Crippen molar-refractivity contribution in [2.45, 2.75) is 55.4 Å². The van der Waals surface area contributed by atoms with Gasteiger partial charge in [-0.15, -0.1) is 6.58 Å². The van der Waals surface area contributed by atoms with Crippen LogP contribution in [0, 0.1) is 5.92 Å². The molecule has 0 spiro atoms. The van der Waals surface area contributed by atoms with E-state index in [0.29, 0.717) is 13.0 Å². The number of sulfone groups is 1. The Labute approximate surface area is 154 Å². The number of benzene rings is 1. The molecule has 2 heterocycles. The molecule has 2 fully saturated rings. The Kier molecular flexibility index (Phi) is 5.55. The molecule has 5 atom stereocenters. The molecule has 2 saturated heterocycles. The van der Waals surface area contributed by atoms with Crippen LogP contribution in [0.3, 0.4) is 0 Å². The van der Waals surface area contributed by atoms with Gasteiger partial charge >= 0.3 is 0 Å². The molecule has 144 valence electrons. The van der Waals surface area contributed by atoms with Gasteiger partial charge in [-0.2, -0.15) is 0 Å². The first-order valence-corrected chi connectivity index (χ1v) is 10.4. The molecule has 6 nitrogen and oxygen atoms in total. The van der Waals surface area contributed by atoms with E-state index in [9.17, 15) is 13.5 Å². The minimum absolute atomic E-state index is 0.190. The van der Waals surface area contributed by atoms with Crippen molar-refractivity contribution in [3.8, 4) is 0 Å². The van der Waals surface area contributed by atoms with Crippen LogP contribution in [0.15, 0.2) is 47.9 Å². The number of aliphatic hydroxyl groups is 1. The molecular formula is C19H26O6S. The molecule has 26 heavy (non-hydrogen) atoms. The molecule has 0 saturated carbocycles. The van der Waals surface area contributed by atoms with Gasteiger partial charge in [0.1, 0.15) is 12.2 Å². The first kappa shape index (κ1) is 19.5. The van der Waals surface area contributed by atoms with Crippen LogP contribution >= 0.6 is 0 Å². The summed E-state index contributed by atoms with van der Waals surface area (Å²) in [5.41, 5.74) is 0. The fourth-order valence-corrected chi connectivity index (χ4v) is 5.29. The summed E-state index contributed by atoms with van der Waals surface area (Å²) in [6, 6.07) is 8.26. The Morgan fingerprint density at radius 1 is 1.31 bits per heavy atom. The van der Waals surface area contributed by atoms with Crippen molar-refractivity contribution in [2.24, 2.45) is 5.92 Å². The smallest absolute Gasteiger partial charge is 0.178 e. The van der Waals surface area contributed by atoms with Gasteiger partial charge in [-0.1, -0.05) is 24.3 Å². The van der Waals surface area contributed by atoms with Gasteiger partial charge in [0, 0.05) is 5.92 Å². The molecule has 1 aromatic carbocycles. The molecule has 0 bridgehead atoms. The van der Waals surface area contributed by atoms with Crippen LogP contribution in [0.2, 0.25) is 0 Å². The van der Waals surface area contributed by atoms with Gasteiger partial charge in [0.2, 0.25) is 0 Å². The predicted molar refractivity (Wildman–Crippen MR) is 96.4 cm³/mol. The van der Waals surface area contributed by atoms with Crippen molar-refractivity contribution in [3.05, 3.63) is 43.0 Å². The molecular weight excluding hydrogens is 356 g/mol. The van der Waals surface area contributed by atoms with E-state index in [1.54, 1.807) is 50.3 Å². The van der Waals surface area contributed by atoms with Gasteiger partial charge in [-0.3, -0.25) is 0 Å². The third kappa shape index (κ3) is 4.02. The maximum atomic E-state index is 12.8. The molecule has 1 unspecified atom stereocenters. The number of ether oxygens (including phenoxy) is 3. The Morgan fingerprint density at radius 2 is 2.00 bits per heavy atom. The summed E-state index contributed by atoms with van der Waals surface area (Å²) < 4.78 is 42.9. The minimum Gasteiger partial charge on any atom is -0.390 e. The highest BCUT2D eigenvalue weighted by Gasteiger charge is 2.51. The monoisotopic (exact) mass is 382 g/mol. The molecule has 0 radical (unpaired) electrons. The lowest BCUT2D eigenvalue weighted by atomic mass is 9.94. The van der Waals surface area contributed by atoms with Crippen molar-refractivity contribution >= 4 is 9.84 Å². The van der Waals surface area contributed by atoms with Gasteiger partial charge in [0.05, 0.1) is 29.5 Å². The van der Waals surface area contributed by atoms with Gasteiger partial charge in [-0.05, 0) is 32.4 Å². The van der Waals surface area contributed by atoms with Gasteiger partial charge in [0.25, 0.3) is 0 Å². The summed E-state index contributed by atoms with van der Waals surface area (Å²) in [6.07, 6.45) is -0.314. The molecule has 1 N–H and O–H groups in total. The molecule has 2 aliphatic heterocycles.